The summed E-state index contributed by atoms with van der Waals surface area (Å²) < 4.78 is 0. The fourth-order valence-corrected chi connectivity index (χ4v) is 0.436. The van der Waals surface area contributed by atoms with Gasteiger partial charge in [-0.2, -0.15) is 0 Å². The van der Waals surface area contributed by atoms with Crippen LogP contribution in [0.15, 0.2) is 12.3 Å². The van der Waals surface area contributed by atoms with Crippen LogP contribution in [0, 0.1) is 6.92 Å². The van der Waals surface area contributed by atoms with E-state index in [4.69, 9.17) is 5.11 Å². The fraction of sp³-hybridized carbons (Fsp3) is 0.200. The minimum absolute atomic E-state index is 0. The number of nitrogens with zero attached hydrogens (tertiary/aromatic N) is 2. The van der Waals surface area contributed by atoms with Crippen LogP contribution < -0.4 is 0 Å². The first-order chi connectivity index (χ1) is 3.79. The van der Waals surface area contributed by atoms with Crippen LogP contribution >= 0.6 is 0 Å². The molecule has 9 heavy (non-hydrogen) atoms. The van der Waals surface area contributed by atoms with Crippen LogP contribution in [0.2, 0.25) is 0 Å². The predicted octanol–water partition coefficient (Wildman–Crippen LogP) is -0.158. The average molecular weight is 134 g/mol. The Kier molecular flexibility index (Phi) is 3.77. The molecule has 0 saturated carbocycles. The average Bonchev–Trinajstić information content (AvgIpc) is 1.64. The van der Waals surface area contributed by atoms with E-state index >= 15 is 0 Å². The molecular weight excluding hydrogens is 127 g/mol. The van der Waals surface area contributed by atoms with E-state index in [1.165, 1.54) is 6.20 Å². The van der Waals surface area contributed by atoms with Crippen LogP contribution in [0.3, 0.4) is 0 Å². The van der Waals surface area contributed by atoms with Crippen LogP contribution in [0.4, 0.5) is 0 Å². The molecule has 0 unspecified atom stereocenters. The summed E-state index contributed by atoms with van der Waals surface area (Å²) in [6.07, 6.45) is 1.51. The molecule has 0 aromatic carbocycles. The maximum atomic E-state index is 8.59. The van der Waals surface area contributed by atoms with Crippen LogP contribution in [-0.2, 0) is 0 Å². The van der Waals surface area contributed by atoms with Crippen molar-refractivity contribution in [2.45, 2.75) is 6.92 Å². The Labute approximate surface area is 75.4 Å². The number of aryl methyl sites for hydroxylation is 1. The number of hydrogen-bond acceptors (Lipinski definition) is 3. The van der Waals surface area contributed by atoms with Crippen LogP contribution in [0.25, 0.3) is 0 Å². The molecule has 0 bridgehead atoms. The normalized spacial score (nSPS) is 8.11. The molecule has 3 nitrogen and oxygen atoms in total. The summed E-state index contributed by atoms with van der Waals surface area (Å²) >= 11 is 0. The quantitative estimate of drug-likeness (QED) is 0.501. The third-order valence-corrected chi connectivity index (χ3v) is 0.782. The summed E-state index contributed by atoms with van der Waals surface area (Å²) in [5, 5.41) is 8.59. The second-order valence-corrected chi connectivity index (χ2v) is 1.50. The van der Waals surface area contributed by atoms with Gasteiger partial charge in [0.1, 0.15) is 0 Å². The molecule has 0 aliphatic carbocycles. The molecular formula is C5H7N2NaO. The first kappa shape index (κ1) is 8.88. The molecule has 0 saturated heterocycles. The molecule has 0 atom stereocenters. The number of rotatable bonds is 0. The van der Waals surface area contributed by atoms with E-state index in [0.717, 1.165) is 5.69 Å². The predicted molar refractivity (Wildman–Crippen MR) is 35.6 cm³/mol. The molecule has 1 N–H and O–H groups in total. The molecule has 1 aromatic rings. The van der Waals surface area contributed by atoms with Crippen molar-refractivity contribution in [2.24, 2.45) is 0 Å². The van der Waals surface area contributed by atoms with E-state index in [9.17, 15) is 0 Å². The maximum absolute atomic E-state index is 8.59. The topological polar surface area (TPSA) is 46.0 Å². The molecule has 44 valence electrons. The van der Waals surface area contributed by atoms with Crippen molar-refractivity contribution in [1.29, 1.82) is 0 Å². The Morgan fingerprint density at radius 3 is 2.56 bits per heavy atom. The van der Waals surface area contributed by atoms with Gasteiger partial charge in [0.25, 0.3) is 0 Å². The van der Waals surface area contributed by atoms with Gasteiger partial charge >= 0.3 is 35.6 Å². The first-order valence-corrected chi connectivity index (χ1v) is 2.27. The van der Waals surface area contributed by atoms with Gasteiger partial charge in [0.2, 0.25) is 0 Å². The van der Waals surface area contributed by atoms with Crippen molar-refractivity contribution in [2.75, 3.05) is 0 Å². The molecule has 0 spiro atoms. The summed E-state index contributed by atoms with van der Waals surface area (Å²) in [5.41, 5.74) is 0.775. The summed E-state index contributed by atoms with van der Waals surface area (Å²) in [6, 6.07) is 1.56. The van der Waals surface area contributed by atoms with E-state index in [1.54, 1.807) is 13.0 Å². The van der Waals surface area contributed by atoms with Gasteiger partial charge in [0.05, 0.1) is 0 Å². The van der Waals surface area contributed by atoms with Crippen molar-refractivity contribution in [3.8, 4) is 6.01 Å². The summed E-state index contributed by atoms with van der Waals surface area (Å²) in [5.74, 6) is 0. The molecule has 0 aliphatic heterocycles. The summed E-state index contributed by atoms with van der Waals surface area (Å²) in [4.78, 5) is 7.10. The van der Waals surface area contributed by atoms with Gasteiger partial charge in [-0.05, 0) is 13.0 Å². The van der Waals surface area contributed by atoms with E-state index in [-0.39, 0.29) is 35.6 Å². The number of aromatic hydroxyl groups is 1. The zero-order chi connectivity index (χ0) is 5.98. The van der Waals surface area contributed by atoms with Crippen molar-refractivity contribution in [3.63, 3.8) is 0 Å². The van der Waals surface area contributed by atoms with Crippen LogP contribution in [-0.4, -0.2) is 44.6 Å². The van der Waals surface area contributed by atoms with Gasteiger partial charge in [0.15, 0.2) is 0 Å². The van der Waals surface area contributed by atoms with E-state index in [1.807, 2.05) is 0 Å². The zero-order valence-electron chi connectivity index (χ0n) is 4.50. The van der Waals surface area contributed by atoms with Gasteiger partial charge in [-0.3, -0.25) is 0 Å². The number of aromatic nitrogens is 2. The molecule has 1 heterocycles. The first-order valence-electron chi connectivity index (χ1n) is 2.27. The molecule has 0 fully saturated rings. The number of hydrogen-bond donors (Lipinski definition) is 1. The van der Waals surface area contributed by atoms with Crippen molar-refractivity contribution in [3.05, 3.63) is 18.0 Å². The van der Waals surface area contributed by atoms with Gasteiger partial charge in [-0.15, -0.1) is 0 Å². The molecule has 0 aliphatic rings. The monoisotopic (exact) mass is 134 g/mol. The minimum atomic E-state index is -0.162. The van der Waals surface area contributed by atoms with Crippen molar-refractivity contribution < 1.29 is 5.11 Å². The molecule has 1 aromatic heterocycles. The second-order valence-electron chi connectivity index (χ2n) is 1.50. The Hall–Kier alpha value is -0.120. The summed E-state index contributed by atoms with van der Waals surface area (Å²) in [7, 11) is 0. The van der Waals surface area contributed by atoms with Gasteiger partial charge in [0, 0.05) is 11.9 Å². The molecule has 4 heteroatoms. The Morgan fingerprint density at radius 1 is 1.56 bits per heavy atom. The van der Waals surface area contributed by atoms with Gasteiger partial charge < -0.3 is 5.11 Å². The van der Waals surface area contributed by atoms with Crippen LogP contribution in [0.5, 0.6) is 6.01 Å². The van der Waals surface area contributed by atoms with Crippen molar-refractivity contribution in [1.82, 2.24) is 9.97 Å². The van der Waals surface area contributed by atoms with E-state index < -0.39 is 0 Å². The van der Waals surface area contributed by atoms with E-state index in [0.29, 0.717) is 0 Å². The van der Waals surface area contributed by atoms with Gasteiger partial charge in [-0.25, -0.2) is 9.97 Å². The second kappa shape index (κ2) is 3.82. The van der Waals surface area contributed by atoms with Gasteiger partial charge in [-0.1, -0.05) is 0 Å². The standard InChI is InChI=1S/C5H6N2O.Na.H/c1-4-2-3-6-5(8)7-4;;/h2-3H,1H3,(H,6,7,8);;. The van der Waals surface area contributed by atoms with Crippen molar-refractivity contribution >= 4 is 29.6 Å². The molecule has 0 amide bonds. The Morgan fingerprint density at radius 2 is 2.22 bits per heavy atom. The molecule has 0 radical (unpaired) electrons. The molecule has 1 rings (SSSR count). The zero-order valence-corrected chi connectivity index (χ0v) is 4.50. The van der Waals surface area contributed by atoms with Crippen LogP contribution in [0.1, 0.15) is 5.69 Å². The van der Waals surface area contributed by atoms with E-state index in [2.05, 4.69) is 9.97 Å². The third kappa shape index (κ3) is 2.79. The third-order valence-electron chi connectivity index (χ3n) is 0.782. The fourth-order valence-electron chi connectivity index (χ4n) is 0.436. The Bertz CT molecular complexity index is 175. The SMILES string of the molecule is Cc1ccnc(O)n1.[NaH]. The Balaban J connectivity index is 0.000000640. The summed E-state index contributed by atoms with van der Waals surface area (Å²) in [6.45, 7) is 1.79.